The van der Waals surface area contributed by atoms with Gasteiger partial charge in [0.15, 0.2) is 0 Å². The predicted octanol–water partition coefficient (Wildman–Crippen LogP) is 0.662. The highest BCUT2D eigenvalue weighted by Gasteiger charge is 2.14. The number of hydrogen-bond donors (Lipinski definition) is 0. The molecule has 0 N–H and O–H groups in total. The zero-order valence-electron chi connectivity index (χ0n) is 7.14. The number of nitrogens with zero attached hydrogens (tertiary/aromatic N) is 3. The van der Waals surface area contributed by atoms with E-state index in [0.29, 0.717) is 5.13 Å². The maximum Gasteiger partial charge on any atom is 0.354 e. The molecule has 0 aliphatic rings. The summed E-state index contributed by atoms with van der Waals surface area (Å²) < 4.78 is 2.81. The molecule has 0 saturated carbocycles. The zero-order valence-corrected chi connectivity index (χ0v) is 8.78. The normalized spacial score (nSPS) is 12.6. The van der Waals surface area contributed by atoms with E-state index in [9.17, 15) is 5.11 Å². The lowest BCUT2D eigenvalue weighted by Crippen LogP contribution is -2.18. The maximum absolute atomic E-state index is 10.7. The monoisotopic (exact) mass is 213 g/mol. The molecule has 68 valence electrons. The highest BCUT2D eigenvalue weighted by molar-refractivity contribution is 7.36. The molecule has 0 radical (unpaired) electrons. The van der Waals surface area contributed by atoms with Crippen molar-refractivity contribution in [1.29, 1.82) is 0 Å². The Labute approximate surface area is 82.8 Å². The molecule has 0 fully saturated rings. The Kier molecular flexibility index (Phi) is 2.01. The van der Waals surface area contributed by atoms with Crippen LogP contribution < -0.4 is 9.62 Å². The van der Waals surface area contributed by atoms with E-state index >= 15 is 0 Å². The van der Waals surface area contributed by atoms with Crippen LogP contribution in [0.5, 0.6) is 0 Å². The third-order valence-electron chi connectivity index (χ3n) is 1.36. The minimum Gasteiger partial charge on any atom is -0.862 e. The van der Waals surface area contributed by atoms with Crippen LogP contribution in [0, 0.1) is 6.92 Å². The number of aromatic nitrogens is 2. The maximum atomic E-state index is 10.7. The largest absolute Gasteiger partial charge is 0.862 e. The van der Waals surface area contributed by atoms with E-state index in [4.69, 9.17) is 0 Å². The van der Waals surface area contributed by atoms with Gasteiger partial charge < -0.3 is 5.11 Å². The van der Waals surface area contributed by atoms with E-state index < -0.39 is 0 Å². The average molecular weight is 213 g/mol. The molecule has 0 bridgehead atoms. The fraction of sp³-hybridized carbons (Fsp3) is 0.286. The molecule has 0 amide bonds. The summed E-state index contributed by atoms with van der Waals surface area (Å²) >= 11 is 3.08. The molecule has 2 aromatic heterocycles. The van der Waals surface area contributed by atoms with Crippen molar-refractivity contribution >= 4 is 37.8 Å². The second-order valence-electron chi connectivity index (χ2n) is 2.57. The zero-order chi connectivity index (χ0) is 9.42. The van der Waals surface area contributed by atoms with Gasteiger partial charge in [-0.05, 0) is 35.6 Å². The van der Waals surface area contributed by atoms with Crippen LogP contribution in [-0.2, 0) is 0 Å². The number of thiazole rings is 1. The Balaban J connectivity index is 2.51. The Morgan fingerprint density at radius 1 is 1.62 bits per heavy atom. The smallest absolute Gasteiger partial charge is 0.354 e. The first-order valence-electron chi connectivity index (χ1n) is 3.66. The van der Waals surface area contributed by atoms with E-state index in [2.05, 4.69) is 10.1 Å². The van der Waals surface area contributed by atoms with E-state index in [1.807, 2.05) is 13.1 Å². The van der Waals surface area contributed by atoms with Gasteiger partial charge in [-0.3, -0.25) is 0 Å². The predicted molar refractivity (Wildman–Crippen MR) is 50.7 cm³/mol. The molecule has 2 heterocycles. The lowest BCUT2D eigenvalue weighted by atomic mass is 10.7. The Morgan fingerprint density at radius 2 is 2.38 bits per heavy atom. The minimum atomic E-state index is -0.210. The van der Waals surface area contributed by atoms with Crippen LogP contribution >= 0.6 is 22.7 Å². The summed E-state index contributed by atoms with van der Waals surface area (Å²) in [6.07, 6.45) is 1.93. The van der Waals surface area contributed by atoms with Crippen LogP contribution in [0.25, 0.3) is 4.14 Å². The highest BCUT2D eigenvalue weighted by atomic mass is 32.2. The first kappa shape index (κ1) is 8.58. The van der Waals surface area contributed by atoms with Gasteiger partial charge in [0, 0.05) is 5.10 Å². The molecule has 4 nitrogen and oxygen atoms in total. The van der Waals surface area contributed by atoms with Crippen LogP contribution in [0.4, 0.5) is 5.13 Å². The van der Waals surface area contributed by atoms with Crippen LogP contribution in [0.2, 0.25) is 0 Å². The molecule has 0 aliphatic carbocycles. The molecular weight excluding hydrogens is 206 g/mol. The molecule has 13 heavy (non-hydrogen) atoms. The third-order valence-corrected chi connectivity index (χ3v) is 3.37. The van der Waals surface area contributed by atoms with E-state index in [1.54, 1.807) is 15.9 Å². The second kappa shape index (κ2) is 3.04. The van der Waals surface area contributed by atoms with Crippen molar-refractivity contribution < 1.29 is 9.62 Å². The van der Waals surface area contributed by atoms with Gasteiger partial charge in [0.1, 0.15) is 0 Å². The van der Waals surface area contributed by atoms with Crippen molar-refractivity contribution in [2.45, 2.75) is 13.8 Å². The number of hydrogen-bond acceptors (Lipinski definition) is 5. The first-order valence-corrected chi connectivity index (χ1v) is 5.29. The van der Waals surface area contributed by atoms with Gasteiger partial charge in [0.25, 0.3) is 5.13 Å². The van der Waals surface area contributed by atoms with Crippen molar-refractivity contribution in [2.24, 2.45) is 4.99 Å². The van der Waals surface area contributed by atoms with Crippen LogP contribution in [-0.4, -0.2) is 11.0 Å². The summed E-state index contributed by atoms with van der Waals surface area (Å²) in [5.74, 6) is -0.210. The van der Waals surface area contributed by atoms with Gasteiger partial charge in [0.2, 0.25) is 6.20 Å². The molecule has 0 aliphatic heterocycles. The van der Waals surface area contributed by atoms with Gasteiger partial charge in [-0.1, -0.05) is 11.3 Å². The quantitative estimate of drug-likeness (QED) is 0.397. The van der Waals surface area contributed by atoms with Crippen LogP contribution in [0.3, 0.4) is 0 Å². The summed E-state index contributed by atoms with van der Waals surface area (Å²) in [6, 6.07) is 0. The molecule has 2 rings (SSSR count). The molecule has 0 unspecified atom stereocenters. The number of aliphatic imine (C=N–C) groups is 1. The van der Waals surface area contributed by atoms with Crippen molar-refractivity contribution in [2.75, 3.05) is 0 Å². The standard InChI is InChI=1S/C7H7N3OS2/c1-4-3-10-7(12-4)13-6(9-10)8-5(2)11/h3H,1-2H3. The summed E-state index contributed by atoms with van der Waals surface area (Å²) in [4.78, 5) is 4.95. The van der Waals surface area contributed by atoms with Gasteiger partial charge in [0.05, 0.1) is 4.88 Å². The van der Waals surface area contributed by atoms with E-state index in [-0.39, 0.29) is 5.90 Å². The molecule has 0 saturated heterocycles. The van der Waals surface area contributed by atoms with Crippen molar-refractivity contribution in [3.05, 3.63) is 11.1 Å². The summed E-state index contributed by atoms with van der Waals surface area (Å²) in [5.41, 5.74) is 0. The number of rotatable bonds is 1. The van der Waals surface area contributed by atoms with Crippen molar-refractivity contribution in [1.82, 2.24) is 5.10 Å². The second-order valence-corrected chi connectivity index (χ2v) is 5.02. The Hall–Kier alpha value is -1.01. The number of aryl methyl sites for hydroxylation is 1. The molecule has 6 heteroatoms. The molecule has 0 spiro atoms. The summed E-state index contributed by atoms with van der Waals surface area (Å²) in [7, 11) is 0. The fourth-order valence-corrected chi connectivity index (χ4v) is 2.99. The molecule has 0 atom stereocenters. The van der Waals surface area contributed by atoms with Crippen LogP contribution in [0.1, 0.15) is 11.8 Å². The first-order chi connectivity index (χ1) is 6.15. The lowest BCUT2D eigenvalue weighted by molar-refractivity contribution is -0.571. The topological polar surface area (TPSA) is 52.4 Å². The van der Waals surface area contributed by atoms with Gasteiger partial charge in [-0.2, -0.15) is 0 Å². The van der Waals surface area contributed by atoms with Gasteiger partial charge in [-0.15, -0.1) is 0 Å². The average Bonchev–Trinajstić information content (AvgIpc) is 2.41. The van der Waals surface area contributed by atoms with Crippen molar-refractivity contribution in [3.8, 4) is 0 Å². The minimum absolute atomic E-state index is 0.210. The van der Waals surface area contributed by atoms with Crippen molar-refractivity contribution in [3.63, 3.8) is 0 Å². The Morgan fingerprint density at radius 3 is 3.00 bits per heavy atom. The highest BCUT2D eigenvalue weighted by Crippen LogP contribution is 2.23. The lowest BCUT2D eigenvalue weighted by Gasteiger charge is -1.96. The van der Waals surface area contributed by atoms with E-state index in [1.165, 1.54) is 23.1 Å². The van der Waals surface area contributed by atoms with Gasteiger partial charge in [-0.25, -0.2) is 4.99 Å². The third kappa shape index (κ3) is 1.68. The molecule has 0 aromatic carbocycles. The molecule has 2 aromatic rings. The summed E-state index contributed by atoms with van der Waals surface area (Å²) in [5, 5.41) is 15.3. The SMILES string of the molecule is C/C([O-])=N/c1n[n+]2cc(C)sc2s1. The summed E-state index contributed by atoms with van der Waals surface area (Å²) in [6.45, 7) is 3.44. The fourth-order valence-electron chi connectivity index (χ4n) is 0.944. The van der Waals surface area contributed by atoms with Crippen LogP contribution in [0.15, 0.2) is 11.2 Å². The Bertz CT molecular complexity index is 435. The number of fused-ring (bicyclic) bond motifs is 1. The van der Waals surface area contributed by atoms with Gasteiger partial charge >= 0.3 is 4.14 Å². The van der Waals surface area contributed by atoms with E-state index in [0.717, 1.165) is 4.14 Å². The molecular formula is C7H7N3OS2.